The smallest absolute Gasteiger partial charge is 0.283 e. The zero-order valence-electron chi connectivity index (χ0n) is 17.3. The summed E-state index contributed by atoms with van der Waals surface area (Å²) in [6.45, 7) is 4.12. The van der Waals surface area contributed by atoms with Crippen LogP contribution in [-0.2, 0) is 18.2 Å². The van der Waals surface area contributed by atoms with Crippen molar-refractivity contribution in [2.45, 2.75) is 6.42 Å². The molecule has 6 nitrogen and oxygen atoms in total. The third-order valence-electron chi connectivity index (χ3n) is 5.41. The quantitative estimate of drug-likeness (QED) is 0.658. The summed E-state index contributed by atoms with van der Waals surface area (Å²) in [7, 11) is 1.84. The maximum atomic E-state index is 14.0. The van der Waals surface area contributed by atoms with E-state index in [1.807, 2.05) is 35.9 Å². The van der Waals surface area contributed by atoms with Crippen molar-refractivity contribution in [2.24, 2.45) is 12.0 Å². The molecule has 0 atom stereocenters. The first kappa shape index (κ1) is 21.5. The van der Waals surface area contributed by atoms with Crippen molar-refractivity contribution in [2.75, 3.05) is 32.8 Å². The van der Waals surface area contributed by atoms with Gasteiger partial charge in [0.25, 0.3) is 5.91 Å². The number of imidazole rings is 1. The number of aromatic amines is 1. The summed E-state index contributed by atoms with van der Waals surface area (Å²) in [4.78, 5) is 22.4. The number of hydrogen-bond acceptors (Lipinski definition) is 3. The van der Waals surface area contributed by atoms with Crippen molar-refractivity contribution >= 4 is 17.5 Å². The first-order valence-corrected chi connectivity index (χ1v) is 10.6. The van der Waals surface area contributed by atoms with Crippen molar-refractivity contribution in [1.82, 2.24) is 14.5 Å². The Labute approximate surface area is 184 Å². The van der Waals surface area contributed by atoms with Gasteiger partial charge in [0.15, 0.2) is 0 Å². The van der Waals surface area contributed by atoms with Gasteiger partial charge in [-0.3, -0.25) is 9.69 Å². The fourth-order valence-corrected chi connectivity index (χ4v) is 3.86. The Bertz CT molecular complexity index is 1130. The van der Waals surface area contributed by atoms with Gasteiger partial charge in [-0.1, -0.05) is 35.9 Å². The lowest BCUT2D eigenvalue weighted by molar-refractivity contribution is 0.0383. The molecule has 2 aromatic carbocycles. The molecule has 31 heavy (non-hydrogen) atoms. The van der Waals surface area contributed by atoms with Crippen LogP contribution in [0.4, 0.5) is 4.39 Å². The van der Waals surface area contributed by atoms with Crippen LogP contribution in [0.1, 0.15) is 16.1 Å². The number of aromatic nitrogens is 2. The van der Waals surface area contributed by atoms with E-state index in [2.05, 4.69) is 14.9 Å². The molecular formula is C23H24ClFN4O2. The monoisotopic (exact) mass is 442 g/mol. The van der Waals surface area contributed by atoms with E-state index in [-0.39, 0.29) is 5.56 Å². The van der Waals surface area contributed by atoms with E-state index in [0.717, 1.165) is 56.2 Å². The second-order valence-electron chi connectivity index (χ2n) is 7.44. The average molecular weight is 443 g/mol. The molecule has 2 heterocycles. The number of rotatable bonds is 5. The molecule has 0 unspecified atom stereocenters. The molecule has 0 bridgehead atoms. The van der Waals surface area contributed by atoms with Crippen LogP contribution >= 0.6 is 11.6 Å². The van der Waals surface area contributed by atoms with Gasteiger partial charge < -0.3 is 14.3 Å². The minimum Gasteiger partial charge on any atom is -0.379 e. The van der Waals surface area contributed by atoms with E-state index in [1.165, 1.54) is 12.1 Å². The Hall–Kier alpha value is -2.74. The zero-order valence-corrected chi connectivity index (χ0v) is 18.0. The minimum atomic E-state index is -0.627. The molecule has 0 aliphatic carbocycles. The van der Waals surface area contributed by atoms with Gasteiger partial charge in [0, 0.05) is 49.4 Å². The lowest BCUT2D eigenvalue weighted by Gasteiger charge is -2.26. The molecule has 1 fully saturated rings. The van der Waals surface area contributed by atoms with E-state index in [0.29, 0.717) is 10.6 Å². The Morgan fingerprint density at radius 3 is 2.58 bits per heavy atom. The van der Waals surface area contributed by atoms with Crippen LogP contribution in [0.5, 0.6) is 0 Å². The van der Waals surface area contributed by atoms with Gasteiger partial charge in [-0.05, 0) is 24.3 Å². The summed E-state index contributed by atoms with van der Waals surface area (Å²) in [5, 5.41) is 0.649. The maximum Gasteiger partial charge on any atom is 0.283 e. The number of ether oxygens (including phenoxy) is 1. The molecular weight excluding hydrogens is 419 g/mol. The summed E-state index contributed by atoms with van der Waals surface area (Å²) in [6, 6.07) is 13.4. The summed E-state index contributed by atoms with van der Waals surface area (Å²) in [6.07, 6.45) is 0.745. The molecule has 0 spiro atoms. The molecule has 1 aliphatic rings. The standard InChI is InChI=1S/C23H24ClFN4O2/c1-28-21(16-6-8-17(24)9-7-16)20(10-11-29-12-14-31-15-13-29)26-23(28)27-22(30)18-4-2-3-5-19(18)25/h2-9H,10-15H2,1H3,(H,26,27,30). The molecule has 1 aliphatic heterocycles. The number of H-pyrrole nitrogens is 1. The highest BCUT2D eigenvalue weighted by molar-refractivity contribution is 6.30. The van der Waals surface area contributed by atoms with Crippen LogP contribution in [-0.4, -0.2) is 53.2 Å². The second-order valence-corrected chi connectivity index (χ2v) is 7.88. The number of nitrogens with one attached hydrogen (secondary N) is 1. The van der Waals surface area contributed by atoms with Crippen LogP contribution in [0.3, 0.4) is 0 Å². The maximum absolute atomic E-state index is 14.0. The van der Waals surface area contributed by atoms with E-state index >= 15 is 0 Å². The number of nitrogens with zero attached hydrogens (tertiary/aromatic N) is 3. The van der Waals surface area contributed by atoms with Gasteiger partial charge in [0.2, 0.25) is 5.62 Å². The third kappa shape index (κ3) is 4.95. The zero-order chi connectivity index (χ0) is 21.8. The summed E-state index contributed by atoms with van der Waals surface area (Å²) in [5.74, 6) is -1.21. The Morgan fingerprint density at radius 1 is 1.16 bits per heavy atom. The van der Waals surface area contributed by atoms with Gasteiger partial charge in [0.1, 0.15) is 5.82 Å². The predicted molar refractivity (Wildman–Crippen MR) is 117 cm³/mol. The highest BCUT2D eigenvalue weighted by Gasteiger charge is 2.17. The van der Waals surface area contributed by atoms with E-state index in [4.69, 9.17) is 16.3 Å². The van der Waals surface area contributed by atoms with Crippen LogP contribution in [0.2, 0.25) is 5.02 Å². The summed E-state index contributed by atoms with van der Waals surface area (Å²) in [5.41, 5.74) is 3.15. The SMILES string of the molecule is Cn1c(-c2ccc(Cl)cc2)c(CCN2CCOCC2)[nH]/c1=N\C(=O)c1ccccc1F. The predicted octanol–water partition coefficient (Wildman–Crippen LogP) is 3.43. The molecule has 1 aromatic heterocycles. The second kappa shape index (κ2) is 9.60. The lowest BCUT2D eigenvalue weighted by Crippen LogP contribution is -2.37. The van der Waals surface area contributed by atoms with Crippen molar-refractivity contribution in [3.05, 3.63) is 76.2 Å². The van der Waals surface area contributed by atoms with Crippen LogP contribution in [0.15, 0.2) is 53.5 Å². The number of amides is 1. The Kier molecular flexibility index (Phi) is 6.65. The van der Waals surface area contributed by atoms with E-state index in [1.54, 1.807) is 12.1 Å². The highest BCUT2D eigenvalue weighted by atomic mass is 35.5. The number of morpholine rings is 1. The number of hydrogen-bond donors (Lipinski definition) is 1. The van der Waals surface area contributed by atoms with Gasteiger partial charge in [-0.2, -0.15) is 4.99 Å². The van der Waals surface area contributed by atoms with Crippen molar-refractivity contribution in [3.63, 3.8) is 0 Å². The van der Waals surface area contributed by atoms with Gasteiger partial charge in [0.05, 0.1) is 24.5 Å². The van der Waals surface area contributed by atoms with Crippen molar-refractivity contribution in [1.29, 1.82) is 0 Å². The molecule has 1 N–H and O–H groups in total. The number of carbonyl (C=O) groups is 1. The first-order valence-electron chi connectivity index (χ1n) is 10.2. The number of carbonyl (C=O) groups excluding carboxylic acids is 1. The first-order chi connectivity index (χ1) is 15.0. The van der Waals surface area contributed by atoms with Gasteiger partial charge >= 0.3 is 0 Å². The molecule has 8 heteroatoms. The molecule has 4 rings (SSSR count). The number of benzene rings is 2. The van der Waals surface area contributed by atoms with E-state index < -0.39 is 11.7 Å². The molecule has 1 amide bonds. The summed E-state index contributed by atoms with van der Waals surface area (Å²) >= 11 is 6.07. The largest absolute Gasteiger partial charge is 0.379 e. The van der Waals surface area contributed by atoms with Crippen LogP contribution in [0.25, 0.3) is 11.3 Å². The van der Waals surface area contributed by atoms with Gasteiger partial charge in [-0.25, -0.2) is 4.39 Å². The molecule has 0 radical (unpaired) electrons. The normalized spacial score (nSPS) is 15.4. The van der Waals surface area contributed by atoms with Crippen LogP contribution in [0, 0.1) is 5.82 Å². The van der Waals surface area contributed by atoms with Crippen LogP contribution < -0.4 is 5.62 Å². The lowest BCUT2D eigenvalue weighted by atomic mass is 10.1. The molecule has 162 valence electrons. The fourth-order valence-electron chi connectivity index (χ4n) is 3.73. The third-order valence-corrected chi connectivity index (χ3v) is 5.66. The Balaban J connectivity index is 1.71. The number of halogens is 2. The average Bonchev–Trinajstić information content (AvgIpc) is 3.09. The molecule has 3 aromatic rings. The molecule has 0 saturated carbocycles. The minimum absolute atomic E-state index is 0.0555. The fraction of sp³-hybridized carbons (Fsp3) is 0.304. The van der Waals surface area contributed by atoms with E-state index in [9.17, 15) is 9.18 Å². The topological polar surface area (TPSA) is 62.6 Å². The van der Waals surface area contributed by atoms with Gasteiger partial charge in [-0.15, -0.1) is 0 Å². The van der Waals surface area contributed by atoms with Crippen molar-refractivity contribution in [3.8, 4) is 11.3 Å². The summed E-state index contributed by atoms with van der Waals surface area (Å²) < 4.78 is 21.3. The molecule has 1 saturated heterocycles. The Morgan fingerprint density at radius 2 is 1.87 bits per heavy atom. The highest BCUT2D eigenvalue weighted by Crippen LogP contribution is 2.24. The van der Waals surface area contributed by atoms with Crippen molar-refractivity contribution < 1.29 is 13.9 Å².